The van der Waals surface area contributed by atoms with Gasteiger partial charge >= 0.3 is 0 Å². The lowest BCUT2D eigenvalue weighted by atomic mass is 10.2. The molecule has 0 bridgehead atoms. The standard InChI is InChI=1S/C14H12F3N3OS/c1-19-5-4-18-13(19)14-20(10(21)7-22-14)6-8-2-3-9(15)12(17)11(8)16/h2-5,14H,6-7H2,1H3. The van der Waals surface area contributed by atoms with Crippen LogP contribution < -0.4 is 0 Å². The number of nitrogens with zero attached hydrogens (tertiary/aromatic N) is 3. The molecule has 1 amide bonds. The summed E-state index contributed by atoms with van der Waals surface area (Å²) >= 11 is 1.37. The third-order valence-corrected chi connectivity index (χ3v) is 4.70. The van der Waals surface area contributed by atoms with Gasteiger partial charge in [-0.05, 0) is 6.07 Å². The fourth-order valence-electron chi connectivity index (χ4n) is 2.33. The van der Waals surface area contributed by atoms with Crippen molar-refractivity contribution in [3.05, 3.63) is 53.4 Å². The van der Waals surface area contributed by atoms with Crippen LogP contribution in [0.15, 0.2) is 24.5 Å². The Balaban J connectivity index is 1.91. The molecule has 0 N–H and O–H groups in total. The molecule has 0 aliphatic carbocycles. The Kier molecular flexibility index (Phi) is 3.86. The summed E-state index contributed by atoms with van der Waals surface area (Å²) in [6.45, 7) is -0.133. The quantitative estimate of drug-likeness (QED) is 0.814. The van der Waals surface area contributed by atoms with Crippen LogP contribution in [0.2, 0.25) is 0 Å². The second-order valence-corrected chi connectivity index (χ2v) is 5.98. The molecule has 22 heavy (non-hydrogen) atoms. The topological polar surface area (TPSA) is 38.1 Å². The first-order valence-electron chi connectivity index (χ1n) is 6.49. The molecule has 2 heterocycles. The predicted octanol–water partition coefficient (Wildman–Crippen LogP) is 2.61. The number of aryl methyl sites for hydroxylation is 1. The highest BCUT2D eigenvalue weighted by molar-refractivity contribution is 8.00. The number of carbonyl (C=O) groups excluding carboxylic acids is 1. The molecule has 8 heteroatoms. The van der Waals surface area contributed by atoms with E-state index in [0.717, 1.165) is 12.1 Å². The van der Waals surface area contributed by atoms with Crippen molar-refractivity contribution in [3.63, 3.8) is 0 Å². The van der Waals surface area contributed by atoms with Gasteiger partial charge in [0, 0.05) is 25.0 Å². The number of amides is 1. The summed E-state index contributed by atoms with van der Waals surface area (Å²) in [5, 5.41) is -0.375. The molecule has 0 radical (unpaired) electrons. The van der Waals surface area contributed by atoms with E-state index in [1.165, 1.54) is 16.7 Å². The maximum Gasteiger partial charge on any atom is 0.234 e. The minimum absolute atomic E-state index is 0.0611. The second-order valence-electron chi connectivity index (χ2n) is 4.92. The van der Waals surface area contributed by atoms with Gasteiger partial charge in [0.1, 0.15) is 11.2 Å². The summed E-state index contributed by atoms with van der Waals surface area (Å²) in [4.78, 5) is 17.7. The van der Waals surface area contributed by atoms with Gasteiger partial charge in [-0.1, -0.05) is 6.07 Å². The van der Waals surface area contributed by atoms with Crippen molar-refractivity contribution in [2.24, 2.45) is 7.05 Å². The fourth-order valence-corrected chi connectivity index (χ4v) is 3.54. The number of imidazole rings is 1. The number of rotatable bonds is 3. The van der Waals surface area contributed by atoms with E-state index in [0.29, 0.717) is 5.82 Å². The number of benzene rings is 1. The zero-order valence-electron chi connectivity index (χ0n) is 11.6. The normalized spacial score (nSPS) is 18.3. The summed E-state index contributed by atoms with van der Waals surface area (Å²) in [6.07, 6.45) is 3.35. The van der Waals surface area contributed by atoms with Crippen LogP contribution in [0, 0.1) is 17.5 Å². The van der Waals surface area contributed by atoms with E-state index in [4.69, 9.17) is 0 Å². The molecule has 1 aromatic carbocycles. The molecule has 1 unspecified atom stereocenters. The van der Waals surface area contributed by atoms with Crippen molar-refractivity contribution in [3.8, 4) is 0 Å². The van der Waals surface area contributed by atoms with Crippen LogP contribution in [0.4, 0.5) is 13.2 Å². The van der Waals surface area contributed by atoms with Gasteiger partial charge in [0.05, 0.1) is 12.3 Å². The summed E-state index contributed by atoms with van der Waals surface area (Å²) in [5.74, 6) is -3.33. The maximum absolute atomic E-state index is 13.8. The highest BCUT2D eigenvalue weighted by Gasteiger charge is 2.35. The Hall–Kier alpha value is -1.96. The van der Waals surface area contributed by atoms with Gasteiger partial charge in [0.25, 0.3) is 0 Å². The molecule has 1 atom stereocenters. The van der Waals surface area contributed by atoms with Gasteiger partial charge in [-0.15, -0.1) is 11.8 Å². The molecule has 116 valence electrons. The Labute approximate surface area is 128 Å². The van der Waals surface area contributed by atoms with Crippen LogP contribution >= 0.6 is 11.8 Å². The van der Waals surface area contributed by atoms with Crippen molar-refractivity contribution in [1.82, 2.24) is 14.5 Å². The Bertz CT molecular complexity index is 734. The third kappa shape index (κ3) is 2.47. The second kappa shape index (κ2) is 5.68. The smallest absolute Gasteiger partial charge is 0.234 e. The monoisotopic (exact) mass is 327 g/mol. The average Bonchev–Trinajstić information content (AvgIpc) is 3.06. The zero-order valence-corrected chi connectivity index (χ0v) is 12.4. The van der Waals surface area contributed by atoms with Crippen LogP contribution in [0.3, 0.4) is 0 Å². The van der Waals surface area contributed by atoms with Crippen molar-refractivity contribution in [2.75, 3.05) is 5.75 Å². The number of carbonyl (C=O) groups is 1. The van der Waals surface area contributed by atoms with E-state index in [1.54, 1.807) is 24.0 Å². The van der Waals surface area contributed by atoms with Crippen LogP contribution in [0.5, 0.6) is 0 Å². The molecule has 3 rings (SSSR count). The van der Waals surface area contributed by atoms with Crippen LogP contribution in [-0.2, 0) is 18.4 Å². The van der Waals surface area contributed by atoms with Crippen LogP contribution in [0.1, 0.15) is 16.8 Å². The number of thioether (sulfide) groups is 1. The number of aromatic nitrogens is 2. The predicted molar refractivity (Wildman–Crippen MR) is 75.3 cm³/mol. The molecule has 1 saturated heterocycles. The zero-order chi connectivity index (χ0) is 15.9. The van der Waals surface area contributed by atoms with Crippen LogP contribution in [-0.4, -0.2) is 26.1 Å². The lowest BCUT2D eigenvalue weighted by molar-refractivity contribution is -0.128. The first-order valence-corrected chi connectivity index (χ1v) is 7.54. The lowest BCUT2D eigenvalue weighted by Crippen LogP contribution is -2.29. The Morgan fingerprint density at radius 1 is 1.32 bits per heavy atom. The molecular weight excluding hydrogens is 315 g/mol. The van der Waals surface area contributed by atoms with Gasteiger partial charge in [-0.25, -0.2) is 18.2 Å². The molecule has 0 spiro atoms. The van der Waals surface area contributed by atoms with E-state index < -0.39 is 17.5 Å². The number of halogens is 3. The Morgan fingerprint density at radius 2 is 2.09 bits per heavy atom. The molecule has 2 aromatic rings. The van der Waals surface area contributed by atoms with Gasteiger partial charge in [0.15, 0.2) is 17.5 Å². The van der Waals surface area contributed by atoms with Gasteiger partial charge in [0.2, 0.25) is 5.91 Å². The number of hydrogen-bond donors (Lipinski definition) is 0. The Morgan fingerprint density at radius 3 is 2.77 bits per heavy atom. The van der Waals surface area contributed by atoms with Crippen molar-refractivity contribution >= 4 is 17.7 Å². The highest BCUT2D eigenvalue weighted by Crippen LogP contribution is 2.38. The summed E-state index contributed by atoms with van der Waals surface area (Å²) in [6, 6.07) is 2.01. The lowest BCUT2D eigenvalue weighted by Gasteiger charge is -2.23. The molecule has 1 aromatic heterocycles. The average molecular weight is 327 g/mol. The highest BCUT2D eigenvalue weighted by atomic mass is 32.2. The summed E-state index contributed by atoms with van der Waals surface area (Å²) in [7, 11) is 1.79. The first-order chi connectivity index (χ1) is 10.5. The largest absolute Gasteiger partial charge is 0.336 e. The van der Waals surface area contributed by atoms with Gasteiger partial charge < -0.3 is 9.47 Å². The van der Waals surface area contributed by atoms with E-state index >= 15 is 0 Å². The minimum atomic E-state index is -1.52. The van der Waals surface area contributed by atoms with E-state index in [-0.39, 0.29) is 29.1 Å². The van der Waals surface area contributed by atoms with Crippen LogP contribution in [0.25, 0.3) is 0 Å². The molecular formula is C14H12F3N3OS. The summed E-state index contributed by atoms with van der Waals surface area (Å²) < 4.78 is 41.9. The molecule has 4 nitrogen and oxygen atoms in total. The summed E-state index contributed by atoms with van der Waals surface area (Å²) in [5.41, 5.74) is -0.0611. The van der Waals surface area contributed by atoms with E-state index in [9.17, 15) is 18.0 Å². The van der Waals surface area contributed by atoms with Crippen molar-refractivity contribution < 1.29 is 18.0 Å². The molecule has 1 fully saturated rings. The van der Waals surface area contributed by atoms with Crippen molar-refractivity contribution in [1.29, 1.82) is 0 Å². The fraction of sp³-hybridized carbons (Fsp3) is 0.286. The number of hydrogen-bond acceptors (Lipinski definition) is 3. The molecule has 1 aliphatic rings. The van der Waals surface area contributed by atoms with Gasteiger partial charge in [-0.2, -0.15) is 0 Å². The third-order valence-electron chi connectivity index (χ3n) is 3.50. The maximum atomic E-state index is 13.8. The molecule has 1 aliphatic heterocycles. The minimum Gasteiger partial charge on any atom is -0.336 e. The molecule has 0 saturated carbocycles. The van der Waals surface area contributed by atoms with Crippen molar-refractivity contribution in [2.45, 2.75) is 11.9 Å². The SMILES string of the molecule is Cn1ccnc1C1SCC(=O)N1Cc1ccc(F)c(F)c1F. The first kappa shape index (κ1) is 15.0. The van der Waals surface area contributed by atoms with E-state index in [2.05, 4.69) is 4.98 Å². The van der Waals surface area contributed by atoms with E-state index in [1.807, 2.05) is 0 Å². The van der Waals surface area contributed by atoms with Gasteiger partial charge in [-0.3, -0.25) is 4.79 Å².